The molecule has 30 heavy (non-hydrogen) atoms. The van der Waals surface area contributed by atoms with Crippen molar-refractivity contribution in [2.24, 2.45) is 0 Å². The van der Waals surface area contributed by atoms with E-state index in [0.717, 1.165) is 69.8 Å². The van der Waals surface area contributed by atoms with Gasteiger partial charge in [0.2, 0.25) is 5.91 Å². The van der Waals surface area contributed by atoms with Crippen molar-refractivity contribution < 1.29 is 4.79 Å². The average Bonchev–Trinajstić information content (AvgIpc) is 2.91. The van der Waals surface area contributed by atoms with Crippen molar-refractivity contribution in [2.45, 2.75) is 44.8 Å². The second-order valence-corrected chi connectivity index (χ2v) is 8.45. The maximum atomic E-state index is 12.9. The lowest BCUT2D eigenvalue weighted by atomic mass is 10.1. The third-order valence-electron chi connectivity index (χ3n) is 6.15. The number of hydrogen-bond acceptors (Lipinski definition) is 5. The van der Waals surface area contributed by atoms with Crippen LogP contribution in [0.3, 0.4) is 0 Å². The first-order chi connectivity index (χ1) is 14.6. The molecule has 162 valence electrons. The van der Waals surface area contributed by atoms with Crippen LogP contribution in [0.2, 0.25) is 0 Å². The highest BCUT2D eigenvalue weighted by Crippen LogP contribution is 2.16. The first-order valence-corrected chi connectivity index (χ1v) is 11.0. The second-order valence-electron chi connectivity index (χ2n) is 8.45. The normalized spacial score (nSPS) is 19.1. The summed E-state index contributed by atoms with van der Waals surface area (Å²) >= 11 is 0. The largest absolute Gasteiger partial charge is 0.346 e. The number of nitrogens with one attached hydrogen (secondary N) is 1. The van der Waals surface area contributed by atoms with E-state index >= 15 is 0 Å². The number of rotatable bonds is 6. The molecule has 0 saturated carbocycles. The molecule has 1 fully saturated rings. The van der Waals surface area contributed by atoms with Gasteiger partial charge in [0.15, 0.2) is 0 Å². The van der Waals surface area contributed by atoms with Gasteiger partial charge in [0.05, 0.1) is 6.04 Å². The van der Waals surface area contributed by atoms with E-state index in [0.29, 0.717) is 6.54 Å². The van der Waals surface area contributed by atoms with E-state index in [1.807, 2.05) is 30.3 Å². The Morgan fingerprint density at radius 1 is 1.07 bits per heavy atom. The van der Waals surface area contributed by atoms with Gasteiger partial charge in [-0.25, -0.2) is 9.48 Å². The van der Waals surface area contributed by atoms with Crippen LogP contribution in [0.25, 0.3) is 0 Å². The van der Waals surface area contributed by atoms with Crippen LogP contribution < -0.4 is 11.0 Å². The van der Waals surface area contributed by atoms with Crippen LogP contribution in [0.5, 0.6) is 0 Å². The number of aryl methyl sites for hydroxylation is 1. The van der Waals surface area contributed by atoms with Crippen molar-refractivity contribution in [3.05, 3.63) is 52.2 Å². The van der Waals surface area contributed by atoms with Gasteiger partial charge in [0.25, 0.3) is 0 Å². The molecule has 1 unspecified atom stereocenters. The van der Waals surface area contributed by atoms with Crippen LogP contribution in [0.4, 0.5) is 0 Å². The minimum absolute atomic E-state index is 0.0368. The van der Waals surface area contributed by atoms with Gasteiger partial charge in [-0.3, -0.25) is 14.3 Å². The minimum atomic E-state index is -0.173. The summed E-state index contributed by atoms with van der Waals surface area (Å²) < 4.78 is 3.06. The predicted octanol–water partition coefficient (Wildman–Crippen LogP) is 0.876. The second kappa shape index (κ2) is 9.57. The third-order valence-corrected chi connectivity index (χ3v) is 6.15. The molecule has 0 spiro atoms. The van der Waals surface area contributed by atoms with Gasteiger partial charge in [-0.15, -0.1) is 0 Å². The number of hydrogen-bond donors (Lipinski definition) is 1. The Kier molecular flexibility index (Phi) is 6.64. The van der Waals surface area contributed by atoms with Crippen LogP contribution in [-0.2, 0) is 24.3 Å². The monoisotopic (exact) mass is 412 g/mol. The lowest BCUT2D eigenvalue weighted by molar-refractivity contribution is -0.122. The van der Waals surface area contributed by atoms with Crippen molar-refractivity contribution in [3.63, 3.8) is 0 Å². The molecule has 0 bridgehead atoms. The van der Waals surface area contributed by atoms with E-state index in [1.54, 1.807) is 4.57 Å². The fraction of sp³-hybridized carbons (Fsp3) is 0.591. The number of nitrogens with zero attached hydrogens (tertiary/aromatic N) is 5. The van der Waals surface area contributed by atoms with Crippen LogP contribution >= 0.6 is 0 Å². The number of piperazine rings is 1. The van der Waals surface area contributed by atoms with Gasteiger partial charge in [-0.1, -0.05) is 36.8 Å². The molecule has 8 heteroatoms. The first-order valence-electron chi connectivity index (χ1n) is 11.0. The molecule has 1 atom stereocenters. The van der Waals surface area contributed by atoms with E-state index in [4.69, 9.17) is 0 Å². The lowest BCUT2D eigenvalue weighted by Gasteiger charge is -2.35. The zero-order valence-electron chi connectivity index (χ0n) is 17.8. The Balaban J connectivity index is 1.45. The Morgan fingerprint density at radius 3 is 2.60 bits per heavy atom. The SMILES string of the molecule is CN1CCN(CC(NC(=O)Cn2nc3n(c2=O)CCCCC3)c2ccccc2)CC1. The van der Waals surface area contributed by atoms with Gasteiger partial charge in [0.1, 0.15) is 12.4 Å². The predicted molar refractivity (Wildman–Crippen MR) is 115 cm³/mol. The molecule has 1 saturated heterocycles. The molecule has 0 radical (unpaired) electrons. The number of carbonyl (C=O) groups excluding carboxylic acids is 1. The first kappa shape index (κ1) is 20.8. The summed E-state index contributed by atoms with van der Waals surface area (Å²) in [5, 5.41) is 7.60. The molecule has 3 heterocycles. The van der Waals surface area contributed by atoms with Crippen molar-refractivity contribution in [2.75, 3.05) is 39.8 Å². The number of aromatic nitrogens is 3. The zero-order valence-corrected chi connectivity index (χ0v) is 17.8. The lowest BCUT2D eigenvalue weighted by Crippen LogP contribution is -2.48. The highest BCUT2D eigenvalue weighted by Gasteiger charge is 2.23. The number of benzene rings is 1. The smallest absolute Gasteiger partial charge is 0.346 e. The number of amides is 1. The van der Waals surface area contributed by atoms with Crippen LogP contribution in [0.1, 0.15) is 36.7 Å². The average molecular weight is 413 g/mol. The van der Waals surface area contributed by atoms with Gasteiger partial charge in [-0.05, 0) is 25.5 Å². The highest BCUT2D eigenvalue weighted by atomic mass is 16.2. The van der Waals surface area contributed by atoms with Crippen LogP contribution in [0.15, 0.2) is 35.1 Å². The van der Waals surface area contributed by atoms with Crippen LogP contribution in [0, 0.1) is 0 Å². The standard InChI is InChI=1S/C22H32N6O2/c1-25-12-14-26(15-13-25)16-19(18-8-4-2-5-9-18)23-21(29)17-28-22(30)27-11-7-3-6-10-20(27)24-28/h2,4-5,8-9,19H,3,6-7,10-17H2,1H3,(H,23,29). The summed E-state index contributed by atoms with van der Waals surface area (Å²) in [7, 11) is 2.14. The third kappa shape index (κ3) is 4.99. The highest BCUT2D eigenvalue weighted by molar-refractivity contribution is 5.76. The molecule has 0 aliphatic carbocycles. The van der Waals surface area contributed by atoms with Gasteiger partial charge in [0, 0.05) is 45.7 Å². The fourth-order valence-corrected chi connectivity index (χ4v) is 4.31. The van der Waals surface area contributed by atoms with Crippen molar-refractivity contribution >= 4 is 5.91 Å². The molecular formula is C22H32N6O2. The zero-order chi connectivity index (χ0) is 20.9. The number of fused-ring (bicyclic) bond motifs is 1. The topological polar surface area (TPSA) is 75.4 Å². The maximum absolute atomic E-state index is 12.9. The van der Waals surface area contributed by atoms with E-state index in [9.17, 15) is 9.59 Å². The van der Waals surface area contributed by atoms with Crippen LogP contribution in [-0.4, -0.2) is 69.8 Å². The minimum Gasteiger partial charge on any atom is -0.346 e. The number of likely N-dealkylation sites (N-methyl/N-ethyl adjacent to an activating group) is 1. The molecule has 2 aromatic rings. The Morgan fingerprint density at radius 2 is 1.83 bits per heavy atom. The van der Waals surface area contributed by atoms with E-state index in [-0.39, 0.29) is 24.2 Å². The van der Waals surface area contributed by atoms with E-state index < -0.39 is 0 Å². The molecule has 1 amide bonds. The van der Waals surface area contributed by atoms with Crippen molar-refractivity contribution in [1.82, 2.24) is 29.5 Å². The molecule has 4 rings (SSSR count). The number of carbonyl (C=O) groups is 1. The summed E-state index contributed by atoms with van der Waals surface area (Å²) in [6, 6.07) is 9.96. The van der Waals surface area contributed by atoms with Crippen molar-refractivity contribution in [3.8, 4) is 0 Å². The van der Waals surface area contributed by atoms with E-state index in [2.05, 4.69) is 27.3 Å². The molecule has 8 nitrogen and oxygen atoms in total. The quantitative estimate of drug-likeness (QED) is 0.762. The van der Waals surface area contributed by atoms with Gasteiger partial charge >= 0.3 is 5.69 Å². The maximum Gasteiger partial charge on any atom is 0.346 e. The van der Waals surface area contributed by atoms with Crippen molar-refractivity contribution in [1.29, 1.82) is 0 Å². The molecular weight excluding hydrogens is 380 g/mol. The van der Waals surface area contributed by atoms with Gasteiger partial charge < -0.3 is 10.2 Å². The Hall–Kier alpha value is -2.45. The summed E-state index contributed by atoms with van der Waals surface area (Å²) in [5.41, 5.74) is 0.912. The molecule has 2 aliphatic rings. The Bertz CT molecular complexity index is 898. The molecule has 1 aromatic carbocycles. The molecule has 1 aromatic heterocycles. The van der Waals surface area contributed by atoms with Gasteiger partial charge in [-0.2, -0.15) is 5.10 Å². The summed E-state index contributed by atoms with van der Waals surface area (Å²) in [6.45, 7) is 5.47. The summed E-state index contributed by atoms with van der Waals surface area (Å²) in [5.74, 6) is 0.635. The summed E-state index contributed by atoms with van der Waals surface area (Å²) in [6.07, 6.45) is 3.96. The summed E-state index contributed by atoms with van der Waals surface area (Å²) in [4.78, 5) is 30.3. The molecule has 1 N–H and O–H groups in total. The molecule has 2 aliphatic heterocycles. The Labute approximate surface area is 177 Å². The van der Waals surface area contributed by atoms with E-state index in [1.165, 1.54) is 4.68 Å². The fourth-order valence-electron chi connectivity index (χ4n) is 4.31.